The third kappa shape index (κ3) is 2.56. The summed E-state index contributed by atoms with van der Waals surface area (Å²) in [6.45, 7) is 0. The van der Waals surface area contributed by atoms with E-state index in [-0.39, 0.29) is 5.91 Å². The van der Waals surface area contributed by atoms with Gasteiger partial charge in [0.25, 0.3) is 0 Å². The van der Waals surface area contributed by atoms with Gasteiger partial charge in [0.1, 0.15) is 0 Å². The summed E-state index contributed by atoms with van der Waals surface area (Å²) in [5.41, 5.74) is 0.950. The third-order valence-electron chi connectivity index (χ3n) is 4.48. The molecule has 0 aromatic heterocycles. The van der Waals surface area contributed by atoms with Gasteiger partial charge >= 0.3 is 0 Å². The maximum absolute atomic E-state index is 12.1. The molecule has 0 radical (unpaired) electrons. The van der Waals surface area contributed by atoms with Crippen LogP contribution in [-0.2, 0) is 4.79 Å². The van der Waals surface area contributed by atoms with E-state index in [0.717, 1.165) is 21.1 Å². The van der Waals surface area contributed by atoms with Gasteiger partial charge in [-0.3, -0.25) is 4.79 Å². The monoisotopic (exact) mass is 355 g/mol. The Morgan fingerprint density at radius 1 is 1.28 bits per heavy atom. The molecule has 0 saturated heterocycles. The molecule has 1 aromatic rings. The average Bonchev–Trinajstić information content (AvgIpc) is 2.94. The first-order valence-electron chi connectivity index (χ1n) is 6.77. The third-order valence-corrected chi connectivity index (χ3v) is 5.42. The van der Waals surface area contributed by atoms with Crippen molar-refractivity contribution in [3.8, 4) is 0 Å². The fourth-order valence-electron chi connectivity index (χ4n) is 3.63. The van der Waals surface area contributed by atoms with E-state index in [1.807, 2.05) is 24.3 Å². The van der Waals surface area contributed by atoms with Crippen molar-refractivity contribution in [3.05, 3.63) is 27.8 Å². The zero-order valence-electron chi connectivity index (χ0n) is 10.4. The normalized spacial score (nSPS) is 29.5. The van der Waals surface area contributed by atoms with Crippen LogP contribution >= 0.6 is 22.6 Å². The van der Waals surface area contributed by atoms with Crippen molar-refractivity contribution in [2.75, 3.05) is 5.32 Å². The molecule has 0 aliphatic heterocycles. The average molecular weight is 355 g/mol. The lowest BCUT2D eigenvalue weighted by Gasteiger charge is -2.21. The predicted octanol–water partition coefficient (Wildman–Crippen LogP) is 4.06. The summed E-state index contributed by atoms with van der Waals surface area (Å²) in [4.78, 5) is 12.1. The standard InChI is InChI=1S/C15H18INO/c16-13-3-1-2-4-14(13)17-15(18)9-12-8-10-5-6-11(12)7-10/h1-4,10-12H,5-9H2,(H,17,18)/t10-,11-,12+/m0/s1. The smallest absolute Gasteiger partial charge is 0.224 e. The van der Waals surface area contributed by atoms with Crippen molar-refractivity contribution >= 4 is 34.2 Å². The van der Waals surface area contributed by atoms with Crippen molar-refractivity contribution in [2.45, 2.75) is 32.1 Å². The van der Waals surface area contributed by atoms with Crippen LogP contribution in [0.3, 0.4) is 0 Å². The summed E-state index contributed by atoms with van der Waals surface area (Å²) in [6.07, 6.45) is 6.13. The molecule has 1 amide bonds. The molecular formula is C15H18INO. The fourth-order valence-corrected chi connectivity index (χ4v) is 4.15. The molecule has 3 atom stereocenters. The van der Waals surface area contributed by atoms with E-state index < -0.39 is 0 Å². The van der Waals surface area contributed by atoms with Gasteiger partial charge in [-0.15, -0.1) is 0 Å². The first kappa shape index (κ1) is 12.5. The first-order chi connectivity index (χ1) is 8.72. The van der Waals surface area contributed by atoms with Gasteiger partial charge in [-0.05, 0) is 71.7 Å². The van der Waals surface area contributed by atoms with E-state index in [1.165, 1.54) is 25.7 Å². The van der Waals surface area contributed by atoms with Crippen LogP contribution in [0.25, 0.3) is 0 Å². The maximum Gasteiger partial charge on any atom is 0.224 e. The Bertz CT molecular complexity index is 460. The van der Waals surface area contributed by atoms with Gasteiger partial charge in [0, 0.05) is 9.99 Å². The molecule has 2 aliphatic carbocycles. The zero-order chi connectivity index (χ0) is 12.5. The summed E-state index contributed by atoms with van der Waals surface area (Å²) in [5, 5.41) is 3.05. The number of rotatable bonds is 3. The van der Waals surface area contributed by atoms with E-state index in [4.69, 9.17) is 0 Å². The Morgan fingerprint density at radius 3 is 2.78 bits per heavy atom. The minimum Gasteiger partial charge on any atom is -0.325 e. The quantitative estimate of drug-likeness (QED) is 0.815. The lowest BCUT2D eigenvalue weighted by Crippen LogP contribution is -2.20. The summed E-state index contributed by atoms with van der Waals surface area (Å²) >= 11 is 2.26. The number of carbonyl (C=O) groups excluding carboxylic acids is 1. The number of hydrogen-bond acceptors (Lipinski definition) is 1. The number of carbonyl (C=O) groups is 1. The SMILES string of the molecule is O=C(C[C@H]1C[C@H]2CC[C@H]1C2)Nc1ccccc1I. The first-order valence-corrected chi connectivity index (χ1v) is 7.84. The highest BCUT2D eigenvalue weighted by Gasteiger charge is 2.40. The van der Waals surface area contributed by atoms with Gasteiger partial charge in [-0.25, -0.2) is 0 Å². The van der Waals surface area contributed by atoms with Crippen LogP contribution in [0.15, 0.2) is 24.3 Å². The molecule has 2 aliphatic rings. The van der Waals surface area contributed by atoms with Gasteiger partial charge < -0.3 is 5.32 Å². The van der Waals surface area contributed by atoms with Crippen LogP contribution in [-0.4, -0.2) is 5.91 Å². The fraction of sp³-hybridized carbons (Fsp3) is 0.533. The number of fused-ring (bicyclic) bond motifs is 2. The number of benzene rings is 1. The molecule has 96 valence electrons. The van der Waals surface area contributed by atoms with E-state index >= 15 is 0 Å². The molecular weight excluding hydrogens is 337 g/mol. The van der Waals surface area contributed by atoms with E-state index in [2.05, 4.69) is 27.9 Å². The Kier molecular flexibility index (Phi) is 3.59. The number of amides is 1. The summed E-state index contributed by atoms with van der Waals surface area (Å²) in [7, 11) is 0. The number of nitrogens with one attached hydrogen (secondary N) is 1. The van der Waals surface area contributed by atoms with Crippen molar-refractivity contribution in [1.29, 1.82) is 0 Å². The summed E-state index contributed by atoms with van der Waals surface area (Å²) < 4.78 is 1.11. The Hall–Kier alpha value is -0.580. The minimum atomic E-state index is 0.191. The van der Waals surface area contributed by atoms with Crippen LogP contribution < -0.4 is 5.32 Å². The highest BCUT2D eigenvalue weighted by Crippen LogP contribution is 2.49. The summed E-state index contributed by atoms with van der Waals surface area (Å²) in [6, 6.07) is 7.96. The Morgan fingerprint density at radius 2 is 2.11 bits per heavy atom. The minimum absolute atomic E-state index is 0.191. The van der Waals surface area contributed by atoms with Crippen LogP contribution in [0.4, 0.5) is 5.69 Å². The molecule has 18 heavy (non-hydrogen) atoms. The largest absolute Gasteiger partial charge is 0.325 e. The van der Waals surface area contributed by atoms with Crippen LogP contribution in [0.2, 0.25) is 0 Å². The topological polar surface area (TPSA) is 29.1 Å². The second kappa shape index (κ2) is 5.19. The molecule has 0 spiro atoms. The van der Waals surface area contributed by atoms with Gasteiger partial charge in [-0.2, -0.15) is 0 Å². The van der Waals surface area contributed by atoms with E-state index in [0.29, 0.717) is 12.3 Å². The molecule has 1 N–H and O–H groups in total. The second-order valence-electron chi connectivity index (χ2n) is 5.67. The van der Waals surface area contributed by atoms with Gasteiger partial charge in [0.15, 0.2) is 0 Å². The number of para-hydroxylation sites is 1. The molecule has 2 saturated carbocycles. The summed E-state index contributed by atoms with van der Waals surface area (Å²) in [5.74, 6) is 2.59. The molecule has 0 unspecified atom stereocenters. The Balaban J connectivity index is 1.58. The van der Waals surface area contributed by atoms with E-state index in [9.17, 15) is 4.79 Å². The second-order valence-corrected chi connectivity index (χ2v) is 6.83. The number of anilines is 1. The van der Waals surface area contributed by atoms with Gasteiger partial charge in [-0.1, -0.05) is 18.6 Å². The number of hydrogen-bond donors (Lipinski definition) is 1. The van der Waals surface area contributed by atoms with Crippen LogP contribution in [0.5, 0.6) is 0 Å². The van der Waals surface area contributed by atoms with E-state index in [1.54, 1.807) is 0 Å². The highest BCUT2D eigenvalue weighted by atomic mass is 127. The molecule has 3 rings (SSSR count). The molecule has 0 heterocycles. The van der Waals surface area contributed by atoms with Crippen molar-refractivity contribution in [2.24, 2.45) is 17.8 Å². The van der Waals surface area contributed by atoms with Crippen LogP contribution in [0.1, 0.15) is 32.1 Å². The van der Waals surface area contributed by atoms with Crippen molar-refractivity contribution in [3.63, 3.8) is 0 Å². The van der Waals surface area contributed by atoms with Gasteiger partial charge in [0.2, 0.25) is 5.91 Å². The molecule has 2 bridgehead atoms. The highest BCUT2D eigenvalue weighted by molar-refractivity contribution is 14.1. The van der Waals surface area contributed by atoms with Crippen LogP contribution in [0, 0.1) is 21.3 Å². The van der Waals surface area contributed by atoms with Crippen molar-refractivity contribution < 1.29 is 4.79 Å². The molecule has 3 heteroatoms. The van der Waals surface area contributed by atoms with Gasteiger partial charge in [0.05, 0.1) is 5.69 Å². The molecule has 2 fully saturated rings. The maximum atomic E-state index is 12.1. The lowest BCUT2D eigenvalue weighted by atomic mass is 9.86. The predicted molar refractivity (Wildman–Crippen MR) is 81.3 cm³/mol. The Labute approximate surface area is 122 Å². The molecule has 2 nitrogen and oxygen atoms in total. The van der Waals surface area contributed by atoms with Crippen molar-refractivity contribution in [1.82, 2.24) is 0 Å². The number of halogens is 1. The molecule has 1 aromatic carbocycles. The lowest BCUT2D eigenvalue weighted by molar-refractivity contribution is -0.117. The zero-order valence-corrected chi connectivity index (χ0v) is 12.5.